The van der Waals surface area contributed by atoms with Crippen molar-refractivity contribution >= 4 is 21.9 Å². The van der Waals surface area contributed by atoms with Crippen molar-refractivity contribution in [3.05, 3.63) is 66.5 Å². The molecule has 0 unspecified atom stereocenters. The minimum Gasteiger partial charge on any atom is -0.402 e. The molecule has 0 radical (unpaired) electrons. The van der Waals surface area contributed by atoms with Crippen molar-refractivity contribution in [1.82, 2.24) is 24.5 Å². The summed E-state index contributed by atoms with van der Waals surface area (Å²) in [6.07, 6.45) is 2.92. The SMILES string of the molecule is Cc1ccc(N[C@@H]2CCN(S(=O)(=O)c3ccc(-c4ccnc(-c5nnc(N)o5)c4)cc3)C[C@@H]2O)nc1. The quantitative estimate of drug-likeness (QED) is 0.353. The summed E-state index contributed by atoms with van der Waals surface area (Å²) in [4.78, 5) is 8.68. The Hall–Kier alpha value is -3.87. The molecule has 1 aliphatic rings. The van der Waals surface area contributed by atoms with Crippen LogP contribution in [-0.4, -0.2) is 63.2 Å². The zero-order valence-electron chi connectivity index (χ0n) is 19.4. The number of nitrogens with zero attached hydrogens (tertiary/aromatic N) is 5. The summed E-state index contributed by atoms with van der Waals surface area (Å²) in [5.41, 5.74) is 8.57. The molecule has 3 aromatic heterocycles. The molecule has 1 fully saturated rings. The van der Waals surface area contributed by atoms with Crippen LogP contribution in [0.4, 0.5) is 11.8 Å². The second kappa shape index (κ2) is 9.64. The van der Waals surface area contributed by atoms with E-state index in [-0.39, 0.29) is 35.9 Å². The molecule has 4 N–H and O–H groups in total. The molecule has 4 heterocycles. The molecule has 1 aliphatic heterocycles. The molecule has 2 atom stereocenters. The fourth-order valence-corrected chi connectivity index (χ4v) is 5.54. The molecule has 1 aromatic carbocycles. The van der Waals surface area contributed by atoms with E-state index in [1.807, 2.05) is 19.1 Å². The predicted octanol–water partition coefficient (Wildman–Crippen LogP) is 2.32. The molecule has 11 nitrogen and oxygen atoms in total. The van der Waals surface area contributed by atoms with E-state index >= 15 is 0 Å². The number of rotatable bonds is 6. The lowest BCUT2D eigenvalue weighted by molar-refractivity contribution is 0.0949. The van der Waals surface area contributed by atoms with E-state index in [0.717, 1.165) is 16.7 Å². The molecule has 4 aromatic rings. The van der Waals surface area contributed by atoms with Gasteiger partial charge in [0.1, 0.15) is 11.5 Å². The Balaban J connectivity index is 1.28. The van der Waals surface area contributed by atoms with Crippen LogP contribution in [-0.2, 0) is 10.0 Å². The smallest absolute Gasteiger partial charge is 0.313 e. The lowest BCUT2D eigenvalue weighted by Crippen LogP contribution is -2.51. The molecule has 12 heteroatoms. The second-order valence-corrected chi connectivity index (χ2v) is 10.5. The summed E-state index contributed by atoms with van der Waals surface area (Å²) in [7, 11) is -3.77. The van der Waals surface area contributed by atoms with Gasteiger partial charge in [-0.3, -0.25) is 4.98 Å². The van der Waals surface area contributed by atoms with Crippen LogP contribution in [0.3, 0.4) is 0 Å². The Morgan fingerprint density at radius 2 is 1.89 bits per heavy atom. The molecule has 0 amide bonds. The highest BCUT2D eigenvalue weighted by molar-refractivity contribution is 7.89. The van der Waals surface area contributed by atoms with Crippen molar-refractivity contribution in [3.8, 4) is 22.7 Å². The van der Waals surface area contributed by atoms with Gasteiger partial charge in [0.2, 0.25) is 10.0 Å². The number of aromatic nitrogens is 4. The minimum atomic E-state index is -3.77. The minimum absolute atomic E-state index is 0.00532. The Morgan fingerprint density at radius 1 is 1.08 bits per heavy atom. The largest absolute Gasteiger partial charge is 0.402 e. The third-order valence-corrected chi connectivity index (χ3v) is 7.91. The number of nitrogens with two attached hydrogens (primary N) is 1. The zero-order valence-corrected chi connectivity index (χ0v) is 20.3. The van der Waals surface area contributed by atoms with Crippen molar-refractivity contribution in [1.29, 1.82) is 0 Å². The van der Waals surface area contributed by atoms with Crippen molar-refractivity contribution in [2.24, 2.45) is 0 Å². The molecule has 0 spiro atoms. The van der Waals surface area contributed by atoms with Crippen LogP contribution in [0, 0.1) is 6.92 Å². The molecule has 5 rings (SSSR count). The number of sulfonamides is 1. The van der Waals surface area contributed by atoms with Crippen LogP contribution in [0.5, 0.6) is 0 Å². The van der Waals surface area contributed by atoms with Gasteiger partial charge in [-0.05, 0) is 60.4 Å². The molecule has 0 saturated carbocycles. The first-order valence-corrected chi connectivity index (χ1v) is 12.8. The summed E-state index contributed by atoms with van der Waals surface area (Å²) in [6, 6.07) is 13.5. The number of aryl methyl sites for hydroxylation is 1. The van der Waals surface area contributed by atoms with E-state index < -0.39 is 16.1 Å². The van der Waals surface area contributed by atoms with E-state index in [1.54, 1.807) is 48.8 Å². The maximum atomic E-state index is 13.3. The molecular formula is C24H25N7O4S. The number of aliphatic hydroxyl groups excluding tert-OH is 1. The van der Waals surface area contributed by atoms with Crippen LogP contribution >= 0.6 is 0 Å². The highest BCUT2D eigenvalue weighted by Gasteiger charge is 2.34. The molecule has 1 saturated heterocycles. The molecule has 0 aliphatic carbocycles. The molecule has 186 valence electrons. The lowest BCUT2D eigenvalue weighted by Gasteiger charge is -2.35. The first-order valence-electron chi connectivity index (χ1n) is 11.3. The Bertz CT molecular complexity index is 1460. The van der Waals surface area contributed by atoms with Crippen LogP contribution < -0.4 is 11.1 Å². The van der Waals surface area contributed by atoms with Gasteiger partial charge in [0.25, 0.3) is 5.89 Å². The normalized spacial score (nSPS) is 18.7. The molecule has 0 bridgehead atoms. The van der Waals surface area contributed by atoms with Gasteiger partial charge in [0.05, 0.1) is 17.0 Å². The number of nitrogen functional groups attached to an aromatic ring is 1. The van der Waals surface area contributed by atoms with Gasteiger partial charge in [0.15, 0.2) is 0 Å². The average molecular weight is 508 g/mol. The highest BCUT2D eigenvalue weighted by Crippen LogP contribution is 2.27. The number of benzene rings is 1. The van der Waals surface area contributed by atoms with Gasteiger partial charge in [-0.2, -0.15) is 4.31 Å². The predicted molar refractivity (Wildman–Crippen MR) is 133 cm³/mol. The van der Waals surface area contributed by atoms with Gasteiger partial charge in [0, 0.05) is 25.5 Å². The number of piperidine rings is 1. The van der Waals surface area contributed by atoms with Crippen molar-refractivity contribution < 1.29 is 17.9 Å². The second-order valence-electron chi connectivity index (χ2n) is 8.59. The van der Waals surface area contributed by atoms with Crippen LogP contribution in [0.15, 0.2) is 70.2 Å². The number of pyridine rings is 2. The number of hydrogen-bond donors (Lipinski definition) is 3. The number of aliphatic hydroxyl groups is 1. The van der Waals surface area contributed by atoms with Gasteiger partial charge >= 0.3 is 6.01 Å². The van der Waals surface area contributed by atoms with Crippen molar-refractivity contribution in [2.75, 3.05) is 24.1 Å². The van der Waals surface area contributed by atoms with E-state index in [1.165, 1.54) is 4.31 Å². The standard InChI is InChI=1S/C24H25N7O4S/c1-15-2-7-22(27-13-15)28-19-9-11-31(14-21(19)32)36(33,34)18-5-3-16(4-6-18)17-8-10-26-20(12-17)23-29-30-24(25)35-23/h2-8,10,12-13,19,21,32H,9,11,14H2,1H3,(H2,25,30)(H,27,28)/t19-,21+/m1/s1. The Labute approximate surface area is 208 Å². The van der Waals surface area contributed by atoms with Gasteiger partial charge < -0.3 is 20.6 Å². The first kappa shape index (κ1) is 23.9. The summed E-state index contributed by atoms with van der Waals surface area (Å²) < 4.78 is 33.1. The Morgan fingerprint density at radius 3 is 2.56 bits per heavy atom. The summed E-state index contributed by atoms with van der Waals surface area (Å²) in [5, 5.41) is 21.3. The zero-order chi connectivity index (χ0) is 25.3. The summed E-state index contributed by atoms with van der Waals surface area (Å²) in [6.45, 7) is 2.23. The van der Waals surface area contributed by atoms with Crippen LogP contribution in [0.1, 0.15) is 12.0 Å². The van der Waals surface area contributed by atoms with Crippen molar-refractivity contribution in [3.63, 3.8) is 0 Å². The summed E-state index contributed by atoms with van der Waals surface area (Å²) >= 11 is 0. The fourth-order valence-electron chi connectivity index (χ4n) is 4.07. The number of anilines is 2. The van der Waals surface area contributed by atoms with Crippen molar-refractivity contribution in [2.45, 2.75) is 30.4 Å². The molecular weight excluding hydrogens is 482 g/mol. The monoisotopic (exact) mass is 507 g/mol. The Kier molecular flexibility index (Phi) is 6.39. The maximum Gasteiger partial charge on any atom is 0.313 e. The average Bonchev–Trinajstić information content (AvgIpc) is 3.33. The number of β-amino-alcohol motifs (C(OH)–C–C–N with tert-alkyl or cyclic N) is 1. The summed E-state index contributed by atoms with van der Waals surface area (Å²) in [5.74, 6) is 0.849. The van der Waals surface area contributed by atoms with E-state index in [4.69, 9.17) is 10.2 Å². The number of hydrogen-bond acceptors (Lipinski definition) is 10. The van der Waals surface area contributed by atoms with E-state index in [0.29, 0.717) is 17.9 Å². The number of nitrogens with one attached hydrogen (secondary N) is 1. The van der Waals surface area contributed by atoms with Crippen LogP contribution in [0.25, 0.3) is 22.7 Å². The lowest BCUT2D eigenvalue weighted by atomic mass is 10.0. The topological polar surface area (TPSA) is 160 Å². The van der Waals surface area contributed by atoms with Gasteiger partial charge in [-0.25, -0.2) is 13.4 Å². The van der Waals surface area contributed by atoms with Gasteiger partial charge in [-0.15, -0.1) is 5.10 Å². The van der Waals surface area contributed by atoms with Crippen LogP contribution in [0.2, 0.25) is 0 Å². The highest BCUT2D eigenvalue weighted by atomic mass is 32.2. The third-order valence-electron chi connectivity index (χ3n) is 6.03. The fraction of sp³-hybridized carbons (Fsp3) is 0.250. The first-order chi connectivity index (χ1) is 17.3. The molecule has 36 heavy (non-hydrogen) atoms. The van der Waals surface area contributed by atoms with E-state index in [2.05, 4.69) is 25.5 Å². The third kappa shape index (κ3) is 4.91. The van der Waals surface area contributed by atoms with Gasteiger partial charge in [-0.1, -0.05) is 23.3 Å². The van der Waals surface area contributed by atoms with E-state index in [9.17, 15) is 13.5 Å². The maximum absolute atomic E-state index is 13.3.